The van der Waals surface area contributed by atoms with Crippen molar-refractivity contribution in [3.63, 3.8) is 0 Å². The molecule has 0 aromatic rings. The molecule has 13 heavy (non-hydrogen) atoms. The highest BCUT2D eigenvalue weighted by molar-refractivity contribution is 5.27. The van der Waals surface area contributed by atoms with Gasteiger partial charge in [0.2, 0.25) is 0 Å². The summed E-state index contributed by atoms with van der Waals surface area (Å²) in [6, 6.07) is 0. The Kier molecular flexibility index (Phi) is 2.08. The molecule has 2 aliphatic heterocycles. The Hall–Kier alpha value is -1.64. The molecule has 2 aliphatic rings. The highest BCUT2D eigenvalue weighted by Gasteiger charge is 2.05. The minimum atomic E-state index is 0.919. The zero-order valence-electron chi connectivity index (χ0n) is 7.64. The van der Waals surface area contributed by atoms with Crippen molar-refractivity contribution in [2.45, 2.75) is 0 Å². The van der Waals surface area contributed by atoms with E-state index in [2.05, 4.69) is 40.8 Å². The molecule has 0 aromatic heterocycles. The molecule has 3 nitrogen and oxygen atoms in total. The van der Waals surface area contributed by atoms with Crippen LogP contribution in [0.2, 0.25) is 0 Å². The van der Waals surface area contributed by atoms with Crippen LogP contribution < -0.4 is 5.32 Å². The number of allylic oxidation sites excluding steroid dienone is 3. The van der Waals surface area contributed by atoms with Crippen molar-refractivity contribution in [3.8, 4) is 0 Å². The van der Waals surface area contributed by atoms with Crippen molar-refractivity contribution in [1.29, 1.82) is 0 Å². The molecule has 0 unspecified atom stereocenters. The molecule has 0 saturated heterocycles. The molecule has 0 fully saturated rings. The molecule has 2 rings (SSSR count). The summed E-state index contributed by atoms with van der Waals surface area (Å²) < 4.78 is 0. The minimum absolute atomic E-state index is 0.919. The van der Waals surface area contributed by atoms with E-state index in [4.69, 9.17) is 0 Å². The van der Waals surface area contributed by atoms with Crippen LogP contribution in [0.3, 0.4) is 0 Å². The van der Waals surface area contributed by atoms with Gasteiger partial charge in [0.15, 0.2) is 0 Å². The largest absolute Gasteiger partial charge is 0.361 e. The highest BCUT2D eigenvalue weighted by atomic mass is 15.3. The zero-order valence-corrected chi connectivity index (χ0v) is 7.64. The Balaban J connectivity index is 2.00. The molecule has 0 aromatic carbocycles. The van der Waals surface area contributed by atoms with E-state index in [1.807, 2.05) is 24.4 Å². The van der Waals surface area contributed by atoms with Gasteiger partial charge in [0.05, 0.1) is 12.4 Å². The summed E-state index contributed by atoms with van der Waals surface area (Å²) in [6.07, 6.45) is 14.2. The predicted molar refractivity (Wildman–Crippen MR) is 53.1 cm³/mol. The van der Waals surface area contributed by atoms with Gasteiger partial charge in [-0.25, -0.2) is 0 Å². The Morgan fingerprint density at radius 1 is 1.38 bits per heavy atom. The molecule has 68 valence electrons. The van der Waals surface area contributed by atoms with Gasteiger partial charge in [0, 0.05) is 31.8 Å². The van der Waals surface area contributed by atoms with Gasteiger partial charge >= 0.3 is 0 Å². The third kappa shape index (κ3) is 1.93. The van der Waals surface area contributed by atoms with Crippen LogP contribution in [0, 0.1) is 0 Å². The number of nitrogens with zero attached hydrogens (tertiary/aromatic N) is 2. The second-order valence-electron chi connectivity index (χ2n) is 3.16. The molecule has 0 bridgehead atoms. The first-order valence-electron chi connectivity index (χ1n) is 4.30. The van der Waals surface area contributed by atoms with Gasteiger partial charge in [-0.1, -0.05) is 6.08 Å². The Morgan fingerprint density at radius 2 is 2.31 bits per heavy atom. The van der Waals surface area contributed by atoms with Crippen LogP contribution in [0.5, 0.6) is 0 Å². The maximum absolute atomic E-state index is 3.16. The highest BCUT2D eigenvalue weighted by Crippen LogP contribution is 2.07. The van der Waals surface area contributed by atoms with E-state index in [-0.39, 0.29) is 0 Å². The van der Waals surface area contributed by atoms with Crippen molar-refractivity contribution in [2.75, 3.05) is 13.7 Å². The molecule has 0 radical (unpaired) electrons. The van der Waals surface area contributed by atoms with Crippen molar-refractivity contribution in [1.82, 2.24) is 15.1 Å². The van der Waals surface area contributed by atoms with Crippen LogP contribution in [0.1, 0.15) is 0 Å². The quantitative estimate of drug-likeness (QED) is 0.645. The summed E-state index contributed by atoms with van der Waals surface area (Å²) in [5.41, 5.74) is 1.11. The average Bonchev–Trinajstić information content (AvgIpc) is 2.53. The van der Waals surface area contributed by atoms with E-state index in [0.717, 1.165) is 12.4 Å². The molecule has 1 N–H and O–H groups in total. The molecule has 2 heterocycles. The second-order valence-corrected chi connectivity index (χ2v) is 3.16. The minimum Gasteiger partial charge on any atom is -0.361 e. The van der Waals surface area contributed by atoms with Crippen molar-refractivity contribution in [2.24, 2.45) is 0 Å². The van der Waals surface area contributed by atoms with Crippen LogP contribution in [0.15, 0.2) is 48.7 Å². The van der Waals surface area contributed by atoms with Crippen LogP contribution in [-0.2, 0) is 0 Å². The van der Waals surface area contributed by atoms with Crippen molar-refractivity contribution < 1.29 is 0 Å². The number of hydrogen-bond acceptors (Lipinski definition) is 3. The van der Waals surface area contributed by atoms with Gasteiger partial charge in [-0.05, 0) is 12.2 Å². The lowest BCUT2D eigenvalue weighted by atomic mass is 10.3. The van der Waals surface area contributed by atoms with Crippen LogP contribution in [0.25, 0.3) is 0 Å². The van der Waals surface area contributed by atoms with E-state index in [1.54, 1.807) is 0 Å². The molecule has 0 amide bonds. The van der Waals surface area contributed by atoms with E-state index in [9.17, 15) is 0 Å². The molecule has 0 aliphatic carbocycles. The smallest absolute Gasteiger partial charge is 0.0934 e. The first-order valence-corrected chi connectivity index (χ1v) is 4.30. The second kappa shape index (κ2) is 3.39. The van der Waals surface area contributed by atoms with Gasteiger partial charge in [-0.3, -0.25) is 0 Å². The third-order valence-electron chi connectivity index (χ3n) is 1.94. The summed E-state index contributed by atoms with van der Waals surface area (Å²) in [7, 11) is 2.05. The Bertz CT molecular complexity index is 299. The van der Waals surface area contributed by atoms with Gasteiger partial charge in [-0.2, -0.15) is 0 Å². The lowest BCUT2D eigenvalue weighted by molar-refractivity contribution is 0.362. The lowest BCUT2D eigenvalue weighted by Gasteiger charge is -2.15. The summed E-state index contributed by atoms with van der Waals surface area (Å²) in [6.45, 7) is 0.919. The molecular formula is C10H13N3. The molecule has 0 saturated carbocycles. The van der Waals surface area contributed by atoms with E-state index in [0.29, 0.717) is 0 Å². The number of hydrogen-bond donors (Lipinski definition) is 1. The maximum Gasteiger partial charge on any atom is 0.0934 e. The van der Waals surface area contributed by atoms with Crippen molar-refractivity contribution in [3.05, 3.63) is 48.7 Å². The molecule has 0 spiro atoms. The monoisotopic (exact) mass is 175 g/mol. The molecule has 0 atom stereocenters. The topological polar surface area (TPSA) is 18.5 Å². The standard InChI is InChI=1S/C10H13N3/c1-12-6-7-13(9-12)8-10-4-2-3-5-11-10/h2-8,11H,9H2,1H3. The summed E-state index contributed by atoms with van der Waals surface area (Å²) >= 11 is 0. The van der Waals surface area contributed by atoms with Gasteiger partial charge in [0.25, 0.3) is 0 Å². The number of nitrogens with one attached hydrogen (secondary N) is 1. The van der Waals surface area contributed by atoms with Crippen LogP contribution in [0.4, 0.5) is 0 Å². The lowest BCUT2D eigenvalue weighted by Crippen LogP contribution is -2.19. The van der Waals surface area contributed by atoms with E-state index >= 15 is 0 Å². The maximum atomic E-state index is 3.16. The summed E-state index contributed by atoms with van der Waals surface area (Å²) in [4.78, 5) is 4.26. The predicted octanol–water partition coefficient (Wildman–Crippen LogP) is 1.18. The number of rotatable bonds is 1. The fourth-order valence-electron chi connectivity index (χ4n) is 1.30. The Morgan fingerprint density at radius 3 is 2.92 bits per heavy atom. The third-order valence-corrected chi connectivity index (χ3v) is 1.94. The molecule has 3 heteroatoms. The van der Waals surface area contributed by atoms with Crippen LogP contribution >= 0.6 is 0 Å². The normalized spacial score (nSPS) is 23.0. The Labute approximate surface area is 78.3 Å². The first-order chi connectivity index (χ1) is 6.34. The average molecular weight is 175 g/mol. The summed E-state index contributed by atoms with van der Waals surface area (Å²) in [5, 5.41) is 3.16. The van der Waals surface area contributed by atoms with E-state index in [1.165, 1.54) is 0 Å². The van der Waals surface area contributed by atoms with E-state index < -0.39 is 0 Å². The fraction of sp³-hybridized carbons (Fsp3) is 0.200. The zero-order chi connectivity index (χ0) is 9.10. The SMILES string of the molecule is CN1C=CN(C=C2C=CC=CN2)C1. The number of dihydropyridines is 1. The van der Waals surface area contributed by atoms with Gasteiger partial charge < -0.3 is 15.1 Å². The first kappa shape index (κ1) is 7.98. The van der Waals surface area contributed by atoms with Gasteiger partial charge in [-0.15, -0.1) is 0 Å². The van der Waals surface area contributed by atoms with Crippen molar-refractivity contribution >= 4 is 0 Å². The summed E-state index contributed by atoms with van der Waals surface area (Å²) in [5.74, 6) is 0. The molecular weight excluding hydrogens is 162 g/mol. The fourth-order valence-corrected chi connectivity index (χ4v) is 1.30. The van der Waals surface area contributed by atoms with Gasteiger partial charge in [0.1, 0.15) is 0 Å². The van der Waals surface area contributed by atoms with Crippen LogP contribution in [-0.4, -0.2) is 23.5 Å².